The molecule has 38 heavy (non-hydrogen) atoms. The van der Waals surface area contributed by atoms with E-state index in [9.17, 15) is 14.4 Å². The second-order valence-electron chi connectivity index (χ2n) is 9.69. The minimum Gasteiger partial charge on any atom is -0.466 e. The molecule has 3 heterocycles. The molecule has 4 rings (SSSR count). The summed E-state index contributed by atoms with van der Waals surface area (Å²) in [5.74, 6) is 0.575. The second-order valence-corrected chi connectivity index (χ2v) is 11.0. The van der Waals surface area contributed by atoms with Crippen LogP contribution in [0.15, 0.2) is 35.5 Å². The van der Waals surface area contributed by atoms with Crippen molar-refractivity contribution in [1.29, 1.82) is 0 Å². The van der Waals surface area contributed by atoms with E-state index in [0.717, 1.165) is 5.56 Å². The summed E-state index contributed by atoms with van der Waals surface area (Å²) >= 11 is 7.57. The van der Waals surface area contributed by atoms with E-state index in [4.69, 9.17) is 16.3 Å². The Morgan fingerprint density at radius 1 is 1.08 bits per heavy atom. The van der Waals surface area contributed by atoms with Crippen LogP contribution in [0.3, 0.4) is 0 Å². The molecule has 2 saturated heterocycles. The van der Waals surface area contributed by atoms with Gasteiger partial charge in [-0.05, 0) is 45.7 Å². The normalized spacial score (nSPS) is 18.4. The van der Waals surface area contributed by atoms with Crippen molar-refractivity contribution in [1.82, 2.24) is 19.8 Å². The number of rotatable bonds is 7. The topological polar surface area (TPSA) is 95.9 Å². The molecule has 11 heteroatoms. The van der Waals surface area contributed by atoms with Gasteiger partial charge in [0, 0.05) is 50.4 Å². The number of ether oxygens (including phenoxy) is 1. The van der Waals surface area contributed by atoms with Crippen molar-refractivity contribution >= 4 is 47.0 Å². The third kappa shape index (κ3) is 6.96. The number of benzene rings is 1. The average Bonchev–Trinajstić information content (AvgIpc) is 2.91. The summed E-state index contributed by atoms with van der Waals surface area (Å²) in [6, 6.07) is 9.35. The molecule has 2 aliphatic heterocycles. The molecule has 0 radical (unpaired) electrons. The molecule has 0 saturated carbocycles. The Balaban J connectivity index is 1.31. The molecular formula is C27H34ClN5O4S. The first-order valence-corrected chi connectivity index (χ1v) is 14.4. The monoisotopic (exact) mass is 559 g/mol. The zero-order chi connectivity index (χ0) is 27.2. The van der Waals surface area contributed by atoms with Crippen LogP contribution in [0, 0.1) is 12.8 Å². The van der Waals surface area contributed by atoms with Gasteiger partial charge >= 0.3 is 5.97 Å². The molecule has 2 aliphatic rings. The van der Waals surface area contributed by atoms with Crippen molar-refractivity contribution in [2.75, 3.05) is 50.0 Å². The maximum Gasteiger partial charge on any atom is 0.309 e. The van der Waals surface area contributed by atoms with E-state index in [-0.39, 0.29) is 35.5 Å². The van der Waals surface area contributed by atoms with E-state index in [1.165, 1.54) is 11.8 Å². The molecule has 2 amide bonds. The number of thioether (sulfide) groups is 1. The number of hydrogen-bond donors (Lipinski definition) is 0. The first-order valence-electron chi connectivity index (χ1n) is 13.0. The summed E-state index contributed by atoms with van der Waals surface area (Å²) in [4.78, 5) is 52.5. The van der Waals surface area contributed by atoms with Crippen molar-refractivity contribution in [3.05, 3.63) is 46.6 Å². The predicted molar refractivity (Wildman–Crippen MR) is 148 cm³/mol. The van der Waals surface area contributed by atoms with Gasteiger partial charge in [-0.15, -0.1) is 0 Å². The van der Waals surface area contributed by atoms with Gasteiger partial charge in [0.1, 0.15) is 11.0 Å². The Bertz CT molecular complexity index is 1160. The number of piperazine rings is 1. The molecule has 1 atom stereocenters. The number of halogens is 1. The maximum atomic E-state index is 13.0. The Labute approximate surface area is 232 Å². The summed E-state index contributed by atoms with van der Waals surface area (Å²) in [5.41, 5.74) is 1.81. The summed E-state index contributed by atoms with van der Waals surface area (Å²) in [7, 11) is 0. The van der Waals surface area contributed by atoms with Gasteiger partial charge in [-0.1, -0.05) is 41.1 Å². The minimum atomic E-state index is -0.177. The largest absolute Gasteiger partial charge is 0.466 e. The first-order chi connectivity index (χ1) is 18.2. The number of nitrogens with zero attached hydrogens (tertiary/aromatic N) is 5. The Hall–Kier alpha value is -2.85. The van der Waals surface area contributed by atoms with E-state index in [0.29, 0.717) is 73.9 Å². The molecule has 1 unspecified atom stereocenters. The van der Waals surface area contributed by atoms with E-state index >= 15 is 0 Å². The van der Waals surface area contributed by atoms with E-state index in [2.05, 4.69) is 14.9 Å². The number of hydrogen-bond acceptors (Lipinski definition) is 8. The smallest absolute Gasteiger partial charge is 0.309 e. The van der Waals surface area contributed by atoms with E-state index < -0.39 is 0 Å². The number of amides is 2. The van der Waals surface area contributed by atoms with Crippen LogP contribution in [-0.4, -0.2) is 88.7 Å². The molecule has 1 aromatic heterocycles. The van der Waals surface area contributed by atoms with Crippen LogP contribution in [0.5, 0.6) is 0 Å². The van der Waals surface area contributed by atoms with E-state index in [1.807, 2.05) is 43.0 Å². The van der Waals surface area contributed by atoms with Crippen LogP contribution in [0.1, 0.15) is 42.6 Å². The number of aromatic nitrogens is 2. The second kappa shape index (κ2) is 12.8. The lowest BCUT2D eigenvalue weighted by atomic mass is 9.97. The highest BCUT2D eigenvalue weighted by atomic mass is 35.5. The Kier molecular flexibility index (Phi) is 9.49. The molecule has 0 bridgehead atoms. The van der Waals surface area contributed by atoms with Crippen LogP contribution in [0.2, 0.25) is 5.15 Å². The van der Waals surface area contributed by atoms with Crippen molar-refractivity contribution < 1.29 is 19.1 Å². The van der Waals surface area contributed by atoms with Crippen molar-refractivity contribution in [2.24, 2.45) is 5.92 Å². The number of esters is 1. The highest BCUT2D eigenvalue weighted by molar-refractivity contribution is 7.99. The predicted octanol–water partition coefficient (Wildman–Crippen LogP) is 3.68. The van der Waals surface area contributed by atoms with Crippen molar-refractivity contribution in [3.8, 4) is 0 Å². The van der Waals surface area contributed by atoms with Crippen LogP contribution in [0.4, 0.5) is 5.82 Å². The minimum absolute atomic E-state index is 0.0125. The number of carbonyl (C=O) groups is 3. The molecule has 2 fully saturated rings. The highest BCUT2D eigenvalue weighted by Gasteiger charge is 2.30. The summed E-state index contributed by atoms with van der Waals surface area (Å²) in [5, 5.41) is 0.749. The van der Waals surface area contributed by atoms with Gasteiger partial charge in [-0.25, -0.2) is 9.97 Å². The van der Waals surface area contributed by atoms with Gasteiger partial charge in [-0.2, -0.15) is 0 Å². The third-order valence-electron chi connectivity index (χ3n) is 6.96. The van der Waals surface area contributed by atoms with Gasteiger partial charge in [-0.3, -0.25) is 14.4 Å². The Morgan fingerprint density at radius 2 is 1.79 bits per heavy atom. The van der Waals surface area contributed by atoms with Crippen LogP contribution in [-0.2, 0) is 14.3 Å². The lowest BCUT2D eigenvalue weighted by Crippen LogP contribution is -2.54. The van der Waals surface area contributed by atoms with Crippen LogP contribution < -0.4 is 4.90 Å². The van der Waals surface area contributed by atoms with Gasteiger partial charge in [0.05, 0.1) is 18.3 Å². The fraction of sp³-hybridized carbons (Fsp3) is 0.519. The molecule has 0 aliphatic carbocycles. The summed E-state index contributed by atoms with van der Waals surface area (Å²) in [6.45, 7) is 9.07. The SMILES string of the molecule is CCOC(=O)C1CCN(C(=O)CSc2nc(Cl)cc(N3CCN(C(=O)c4ccc(C)cc4)C(C)C3)n2)CC1. The van der Waals surface area contributed by atoms with Crippen molar-refractivity contribution in [3.63, 3.8) is 0 Å². The molecule has 9 nitrogen and oxygen atoms in total. The third-order valence-corrected chi connectivity index (χ3v) is 7.99. The molecule has 204 valence electrons. The van der Waals surface area contributed by atoms with Gasteiger partial charge in [0.15, 0.2) is 5.16 Å². The zero-order valence-electron chi connectivity index (χ0n) is 22.1. The lowest BCUT2D eigenvalue weighted by molar-refractivity contribution is -0.151. The number of carbonyl (C=O) groups excluding carboxylic acids is 3. The average molecular weight is 560 g/mol. The quantitative estimate of drug-likeness (QED) is 0.219. The molecule has 0 N–H and O–H groups in total. The maximum absolute atomic E-state index is 13.0. The van der Waals surface area contributed by atoms with Crippen molar-refractivity contribution in [2.45, 2.75) is 44.8 Å². The number of piperidine rings is 1. The first kappa shape index (κ1) is 28.2. The van der Waals surface area contributed by atoms with Crippen LogP contribution in [0.25, 0.3) is 0 Å². The van der Waals surface area contributed by atoms with Crippen LogP contribution >= 0.6 is 23.4 Å². The number of aryl methyl sites for hydroxylation is 1. The van der Waals surface area contributed by atoms with Gasteiger partial charge in [0.2, 0.25) is 5.91 Å². The number of likely N-dealkylation sites (tertiary alicyclic amines) is 1. The highest BCUT2D eigenvalue weighted by Crippen LogP contribution is 2.26. The lowest BCUT2D eigenvalue weighted by Gasteiger charge is -2.40. The number of anilines is 1. The van der Waals surface area contributed by atoms with Gasteiger partial charge in [0.25, 0.3) is 5.91 Å². The Morgan fingerprint density at radius 3 is 2.45 bits per heavy atom. The summed E-state index contributed by atoms with van der Waals surface area (Å²) < 4.78 is 5.10. The zero-order valence-corrected chi connectivity index (χ0v) is 23.6. The fourth-order valence-corrected chi connectivity index (χ4v) is 5.77. The molecule has 2 aromatic rings. The fourth-order valence-electron chi connectivity index (χ4n) is 4.78. The molecule has 0 spiro atoms. The van der Waals surface area contributed by atoms with E-state index in [1.54, 1.807) is 17.9 Å². The molecular weight excluding hydrogens is 526 g/mol. The van der Waals surface area contributed by atoms with Gasteiger partial charge < -0.3 is 19.4 Å². The standard InChI is InChI=1S/C27H34ClN5O4S/c1-4-37-26(36)21-9-11-31(12-10-21)24(34)17-38-27-29-22(28)15-23(30-27)32-13-14-33(19(3)16-32)25(35)20-7-5-18(2)6-8-20/h5-8,15,19,21H,4,9-14,16-17H2,1-3H3. The summed E-state index contributed by atoms with van der Waals surface area (Å²) in [6.07, 6.45) is 1.23. The molecule has 1 aromatic carbocycles.